The van der Waals surface area contributed by atoms with Gasteiger partial charge in [-0.1, -0.05) is 11.8 Å². The lowest BCUT2D eigenvalue weighted by atomic mass is 10.2. The Labute approximate surface area is 91.1 Å². The Morgan fingerprint density at radius 3 is 2.60 bits per heavy atom. The number of benzene rings is 1. The van der Waals surface area contributed by atoms with Crippen molar-refractivity contribution in [3.05, 3.63) is 29.8 Å². The molecule has 15 heavy (non-hydrogen) atoms. The lowest BCUT2D eigenvalue weighted by Crippen LogP contribution is -2.32. The molecular formula is C10H8N2O2S. The molecule has 0 aromatic heterocycles. The van der Waals surface area contributed by atoms with Crippen LogP contribution in [0.15, 0.2) is 24.3 Å². The average Bonchev–Trinajstić information content (AvgIpc) is 2.59. The van der Waals surface area contributed by atoms with Gasteiger partial charge >= 0.3 is 0 Å². The summed E-state index contributed by atoms with van der Waals surface area (Å²) in [5.41, 5.74) is 1.16. The number of aliphatic hydroxyl groups is 1. The van der Waals surface area contributed by atoms with Gasteiger partial charge < -0.3 is 5.11 Å². The van der Waals surface area contributed by atoms with Gasteiger partial charge in [0.05, 0.1) is 11.6 Å². The van der Waals surface area contributed by atoms with Crippen LogP contribution in [-0.4, -0.2) is 22.3 Å². The predicted octanol–water partition coefficient (Wildman–Crippen LogP) is 1.55. The van der Waals surface area contributed by atoms with E-state index in [0.717, 1.165) is 11.8 Å². The smallest absolute Gasteiger partial charge is 0.288 e. The van der Waals surface area contributed by atoms with Crippen molar-refractivity contribution in [2.75, 3.05) is 10.7 Å². The van der Waals surface area contributed by atoms with Crippen molar-refractivity contribution in [2.24, 2.45) is 0 Å². The zero-order valence-corrected chi connectivity index (χ0v) is 8.57. The molecule has 4 nitrogen and oxygen atoms in total. The number of carbonyl (C=O) groups excluding carboxylic acids is 1. The Kier molecular flexibility index (Phi) is 2.62. The second-order valence-corrected chi connectivity index (χ2v) is 4.06. The van der Waals surface area contributed by atoms with Crippen molar-refractivity contribution in [3.8, 4) is 6.07 Å². The number of amides is 1. The summed E-state index contributed by atoms with van der Waals surface area (Å²) in [4.78, 5) is 12.7. The molecule has 1 aliphatic rings. The first-order chi connectivity index (χ1) is 7.22. The highest BCUT2D eigenvalue weighted by molar-refractivity contribution is 8.14. The summed E-state index contributed by atoms with van der Waals surface area (Å²) in [6, 6.07) is 8.56. The maximum absolute atomic E-state index is 11.4. The molecule has 0 saturated carbocycles. The molecule has 1 unspecified atom stereocenters. The van der Waals surface area contributed by atoms with Gasteiger partial charge in [-0.2, -0.15) is 5.26 Å². The fraction of sp³-hybridized carbons (Fsp3) is 0.200. The van der Waals surface area contributed by atoms with E-state index in [2.05, 4.69) is 0 Å². The molecule has 0 radical (unpaired) electrons. The number of nitrogens with zero attached hydrogens (tertiary/aromatic N) is 2. The van der Waals surface area contributed by atoms with Gasteiger partial charge in [-0.05, 0) is 24.3 Å². The van der Waals surface area contributed by atoms with Gasteiger partial charge in [0, 0.05) is 11.4 Å². The maximum Gasteiger partial charge on any atom is 0.288 e. The van der Waals surface area contributed by atoms with Gasteiger partial charge in [0.25, 0.3) is 5.24 Å². The molecule has 0 bridgehead atoms. The number of carbonyl (C=O) groups is 1. The highest BCUT2D eigenvalue weighted by Gasteiger charge is 2.31. The molecular weight excluding hydrogens is 212 g/mol. The fourth-order valence-corrected chi connectivity index (χ4v) is 2.19. The maximum atomic E-state index is 11.4. The third-order valence-corrected chi connectivity index (χ3v) is 3.03. The van der Waals surface area contributed by atoms with Crippen molar-refractivity contribution < 1.29 is 9.90 Å². The second-order valence-electron chi connectivity index (χ2n) is 3.09. The zero-order chi connectivity index (χ0) is 10.8. The fourth-order valence-electron chi connectivity index (χ4n) is 1.39. The molecule has 1 amide bonds. The molecule has 2 rings (SSSR count). The van der Waals surface area contributed by atoms with E-state index in [1.807, 2.05) is 6.07 Å². The molecule has 1 N–H and O–H groups in total. The topological polar surface area (TPSA) is 64.3 Å². The monoisotopic (exact) mass is 220 g/mol. The van der Waals surface area contributed by atoms with E-state index < -0.39 is 6.23 Å². The van der Waals surface area contributed by atoms with Gasteiger partial charge in [-0.25, -0.2) is 0 Å². The second kappa shape index (κ2) is 3.93. The number of rotatable bonds is 1. The highest BCUT2D eigenvalue weighted by atomic mass is 32.2. The van der Waals surface area contributed by atoms with Crippen LogP contribution in [0.3, 0.4) is 0 Å². The zero-order valence-electron chi connectivity index (χ0n) is 7.75. The van der Waals surface area contributed by atoms with Crippen LogP contribution in [0, 0.1) is 11.3 Å². The quantitative estimate of drug-likeness (QED) is 0.779. The third kappa shape index (κ3) is 1.82. The number of nitriles is 1. The van der Waals surface area contributed by atoms with E-state index in [4.69, 9.17) is 5.26 Å². The Hall–Kier alpha value is -1.51. The van der Waals surface area contributed by atoms with Crippen molar-refractivity contribution in [2.45, 2.75) is 6.23 Å². The summed E-state index contributed by atoms with van der Waals surface area (Å²) in [7, 11) is 0. The van der Waals surface area contributed by atoms with Crippen LogP contribution < -0.4 is 4.90 Å². The normalized spacial score (nSPS) is 20.4. The molecule has 5 heteroatoms. The van der Waals surface area contributed by atoms with Crippen molar-refractivity contribution in [1.82, 2.24) is 0 Å². The Morgan fingerprint density at radius 1 is 1.47 bits per heavy atom. The summed E-state index contributed by atoms with van der Waals surface area (Å²) in [5.74, 6) is 0.388. The Morgan fingerprint density at radius 2 is 2.13 bits per heavy atom. The predicted molar refractivity (Wildman–Crippen MR) is 57.5 cm³/mol. The van der Waals surface area contributed by atoms with Crippen LogP contribution in [-0.2, 0) is 0 Å². The number of hydrogen-bond donors (Lipinski definition) is 1. The number of anilines is 1. The molecule has 1 aliphatic heterocycles. The first-order valence-electron chi connectivity index (χ1n) is 4.36. The summed E-state index contributed by atoms with van der Waals surface area (Å²) in [6.07, 6.45) is -0.768. The van der Waals surface area contributed by atoms with Crippen LogP contribution >= 0.6 is 11.8 Å². The summed E-state index contributed by atoms with van der Waals surface area (Å²) >= 11 is 1.09. The van der Waals surface area contributed by atoms with E-state index in [-0.39, 0.29) is 5.24 Å². The van der Waals surface area contributed by atoms with Crippen molar-refractivity contribution >= 4 is 22.7 Å². The number of thioether (sulfide) groups is 1. The van der Waals surface area contributed by atoms with E-state index >= 15 is 0 Å². The Balaban J connectivity index is 2.30. The molecule has 0 spiro atoms. The van der Waals surface area contributed by atoms with Gasteiger partial charge in [0.1, 0.15) is 6.23 Å². The summed E-state index contributed by atoms with van der Waals surface area (Å²) in [6.45, 7) is 0. The molecule has 1 atom stereocenters. The minimum Gasteiger partial charge on any atom is -0.372 e. The SMILES string of the molecule is N#Cc1ccc(N2C(=O)SCC2O)cc1. The minimum absolute atomic E-state index is 0.160. The molecule has 1 saturated heterocycles. The van der Waals surface area contributed by atoms with Gasteiger partial charge in [0.15, 0.2) is 0 Å². The summed E-state index contributed by atoms with van der Waals surface area (Å²) in [5, 5.41) is 18.0. The van der Waals surface area contributed by atoms with Gasteiger partial charge in [-0.15, -0.1) is 0 Å². The first kappa shape index (κ1) is 10.0. The van der Waals surface area contributed by atoms with Crippen LogP contribution in [0.25, 0.3) is 0 Å². The third-order valence-electron chi connectivity index (χ3n) is 2.13. The van der Waals surface area contributed by atoms with E-state index in [1.54, 1.807) is 24.3 Å². The van der Waals surface area contributed by atoms with E-state index in [0.29, 0.717) is 17.0 Å². The Bertz CT molecular complexity index is 424. The first-order valence-corrected chi connectivity index (χ1v) is 5.35. The average molecular weight is 220 g/mol. The standard InChI is InChI=1S/C10H8N2O2S/c11-5-7-1-3-8(4-2-7)12-9(13)6-15-10(12)14/h1-4,9,13H,6H2. The molecule has 76 valence electrons. The molecule has 1 fully saturated rings. The van der Waals surface area contributed by atoms with E-state index in [1.165, 1.54) is 4.90 Å². The largest absolute Gasteiger partial charge is 0.372 e. The van der Waals surface area contributed by atoms with Gasteiger partial charge in [-0.3, -0.25) is 9.69 Å². The highest BCUT2D eigenvalue weighted by Crippen LogP contribution is 2.28. The minimum atomic E-state index is -0.768. The van der Waals surface area contributed by atoms with Crippen LogP contribution in [0.2, 0.25) is 0 Å². The van der Waals surface area contributed by atoms with Crippen LogP contribution in [0.4, 0.5) is 10.5 Å². The van der Waals surface area contributed by atoms with Crippen LogP contribution in [0.1, 0.15) is 5.56 Å². The van der Waals surface area contributed by atoms with Crippen LogP contribution in [0.5, 0.6) is 0 Å². The lowest BCUT2D eigenvalue weighted by molar-refractivity contribution is 0.200. The van der Waals surface area contributed by atoms with Crippen molar-refractivity contribution in [1.29, 1.82) is 5.26 Å². The molecule has 1 aromatic rings. The lowest BCUT2D eigenvalue weighted by Gasteiger charge is -2.19. The molecule has 1 heterocycles. The van der Waals surface area contributed by atoms with E-state index in [9.17, 15) is 9.90 Å². The molecule has 1 aromatic carbocycles. The van der Waals surface area contributed by atoms with Crippen molar-refractivity contribution in [3.63, 3.8) is 0 Å². The molecule has 0 aliphatic carbocycles. The number of hydrogen-bond acceptors (Lipinski definition) is 4. The number of aliphatic hydroxyl groups excluding tert-OH is 1. The summed E-state index contributed by atoms with van der Waals surface area (Å²) < 4.78 is 0. The van der Waals surface area contributed by atoms with Gasteiger partial charge in [0.2, 0.25) is 0 Å².